The Morgan fingerprint density at radius 2 is 1.90 bits per heavy atom. The van der Waals surface area contributed by atoms with E-state index in [1.807, 2.05) is 24.3 Å². The number of carbonyl (C=O) groups excluding carboxylic acids is 1. The van der Waals surface area contributed by atoms with Gasteiger partial charge in [0.1, 0.15) is 5.75 Å². The van der Waals surface area contributed by atoms with Crippen molar-refractivity contribution in [1.29, 1.82) is 0 Å². The maximum absolute atomic E-state index is 11.7. The predicted molar refractivity (Wildman–Crippen MR) is 83.2 cm³/mol. The monoisotopic (exact) mass is 278 g/mol. The Labute approximate surface area is 121 Å². The summed E-state index contributed by atoms with van der Waals surface area (Å²) in [5.74, 6) is 1.53. The van der Waals surface area contributed by atoms with Gasteiger partial charge in [-0.2, -0.15) is 0 Å². The highest BCUT2D eigenvalue weighted by atomic mass is 16.5. The van der Waals surface area contributed by atoms with Gasteiger partial charge in [-0.25, -0.2) is 0 Å². The van der Waals surface area contributed by atoms with Gasteiger partial charge in [-0.05, 0) is 43.1 Å². The molecular formula is C16H26N2O2. The summed E-state index contributed by atoms with van der Waals surface area (Å²) in [4.78, 5) is 11.7. The van der Waals surface area contributed by atoms with Gasteiger partial charge in [0.2, 0.25) is 5.91 Å². The van der Waals surface area contributed by atoms with Gasteiger partial charge in [-0.15, -0.1) is 0 Å². The van der Waals surface area contributed by atoms with Crippen LogP contribution in [0.5, 0.6) is 5.75 Å². The zero-order valence-electron chi connectivity index (χ0n) is 12.7. The first-order valence-corrected chi connectivity index (χ1v) is 7.26. The molecule has 0 unspecified atom stereocenters. The molecule has 112 valence electrons. The third-order valence-corrected chi connectivity index (χ3v) is 3.04. The van der Waals surface area contributed by atoms with Crippen molar-refractivity contribution in [2.24, 2.45) is 5.92 Å². The quantitative estimate of drug-likeness (QED) is 0.683. The Bertz CT molecular complexity index is 388. The second-order valence-corrected chi connectivity index (χ2v) is 5.34. The molecule has 0 aliphatic carbocycles. The van der Waals surface area contributed by atoms with Crippen molar-refractivity contribution in [1.82, 2.24) is 5.32 Å². The smallest absolute Gasteiger partial charge is 0.238 e. The molecule has 0 fully saturated rings. The summed E-state index contributed by atoms with van der Waals surface area (Å²) in [6.07, 6.45) is 3.58. The van der Waals surface area contributed by atoms with Crippen molar-refractivity contribution < 1.29 is 9.53 Å². The summed E-state index contributed by atoms with van der Waals surface area (Å²) < 4.78 is 5.07. The lowest BCUT2D eigenvalue weighted by Crippen LogP contribution is -2.28. The molecular weight excluding hydrogens is 252 g/mol. The van der Waals surface area contributed by atoms with E-state index in [4.69, 9.17) is 4.74 Å². The Kier molecular flexibility index (Phi) is 7.73. The molecule has 0 aliphatic rings. The normalized spacial score (nSPS) is 10.6. The number of ether oxygens (including phenoxy) is 1. The van der Waals surface area contributed by atoms with Crippen LogP contribution in [0.2, 0.25) is 0 Å². The van der Waals surface area contributed by atoms with Gasteiger partial charge in [0.05, 0.1) is 13.7 Å². The van der Waals surface area contributed by atoms with E-state index in [0.29, 0.717) is 6.54 Å². The van der Waals surface area contributed by atoms with E-state index in [0.717, 1.165) is 30.3 Å². The number of rotatable bonds is 9. The van der Waals surface area contributed by atoms with E-state index in [9.17, 15) is 4.79 Å². The average Bonchev–Trinajstić information content (AvgIpc) is 2.43. The Morgan fingerprint density at radius 1 is 1.20 bits per heavy atom. The number of anilines is 1. The predicted octanol–water partition coefficient (Wildman–Crippen LogP) is 3.05. The first kappa shape index (κ1) is 16.5. The summed E-state index contributed by atoms with van der Waals surface area (Å²) in [5.41, 5.74) is 0.789. The number of methoxy groups -OCH3 is 1. The molecule has 1 rings (SSSR count). The molecule has 0 saturated carbocycles. The van der Waals surface area contributed by atoms with Crippen LogP contribution in [0, 0.1) is 5.92 Å². The molecule has 1 aromatic carbocycles. The maximum Gasteiger partial charge on any atom is 0.238 e. The van der Waals surface area contributed by atoms with Crippen LogP contribution < -0.4 is 15.4 Å². The number of carbonyl (C=O) groups is 1. The van der Waals surface area contributed by atoms with E-state index in [2.05, 4.69) is 24.5 Å². The average molecular weight is 278 g/mol. The highest BCUT2D eigenvalue weighted by Gasteiger charge is 2.02. The molecule has 0 heterocycles. The minimum Gasteiger partial charge on any atom is -0.497 e. The van der Waals surface area contributed by atoms with Crippen molar-refractivity contribution in [3.63, 3.8) is 0 Å². The zero-order chi connectivity index (χ0) is 14.8. The number of unbranched alkanes of at least 4 members (excludes halogenated alkanes) is 1. The number of benzene rings is 1. The first-order chi connectivity index (χ1) is 9.61. The fourth-order valence-corrected chi connectivity index (χ4v) is 1.88. The van der Waals surface area contributed by atoms with Crippen molar-refractivity contribution in [3.05, 3.63) is 24.3 Å². The van der Waals surface area contributed by atoms with Gasteiger partial charge in [0, 0.05) is 5.69 Å². The Morgan fingerprint density at radius 3 is 2.50 bits per heavy atom. The van der Waals surface area contributed by atoms with Crippen LogP contribution in [0.15, 0.2) is 24.3 Å². The van der Waals surface area contributed by atoms with Crippen LogP contribution in [0.4, 0.5) is 5.69 Å². The molecule has 1 amide bonds. The van der Waals surface area contributed by atoms with Crippen molar-refractivity contribution in [2.45, 2.75) is 33.1 Å². The number of amides is 1. The molecule has 0 bridgehead atoms. The molecule has 4 nitrogen and oxygen atoms in total. The second kappa shape index (κ2) is 9.37. The fourth-order valence-electron chi connectivity index (χ4n) is 1.88. The van der Waals surface area contributed by atoms with Crippen LogP contribution in [-0.4, -0.2) is 26.1 Å². The molecule has 0 aliphatic heterocycles. The maximum atomic E-state index is 11.7. The van der Waals surface area contributed by atoms with Crippen LogP contribution in [-0.2, 0) is 4.79 Å². The molecule has 0 spiro atoms. The van der Waals surface area contributed by atoms with E-state index < -0.39 is 0 Å². The van der Waals surface area contributed by atoms with Gasteiger partial charge in [-0.3, -0.25) is 4.79 Å². The largest absolute Gasteiger partial charge is 0.497 e. The van der Waals surface area contributed by atoms with Gasteiger partial charge in [-0.1, -0.05) is 26.7 Å². The lowest BCUT2D eigenvalue weighted by Gasteiger charge is -2.08. The molecule has 0 atom stereocenters. The van der Waals surface area contributed by atoms with Gasteiger partial charge < -0.3 is 15.4 Å². The van der Waals surface area contributed by atoms with Gasteiger partial charge in [0.15, 0.2) is 0 Å². The first-order valence-electron chi connectivity index (χ1n) is 7.26. The van der Waals surface area contributed by atoms with Crippen LogP contribution in [0.3, 0.4) is 0 Å². The Balaban J connectivity index is 2.13. The van der Waals surface area contributed by atoms with Crippen molar-refractivity contribution in [3.8, 4) is 5.75 Å². The SMILES string of the molecule is COc1ccc(NC(=O)CNCCCCC(C)C)cc1. The fraction of sp³-hybridized carbons (Fsp3) is 0.562. The van der Waals surface area contributed by atoms with E-state index in [1.54, 1.807) is 7.11 Å². The third kappa shape index (κ3) is 7.14. The topological polar surface area (TPSA) is 50.4 Å². The standard InChI is InChI=1S/C16H26N2O2/c1-13(2)6-4-5-11-17-12-16(19)18-14-7-9-15(20-3)10-8-14/h7-10,13,17H,4-6,11-12H2,1-3H3,(H,18,19). The van der Waals surface area contributed by atoms with Gasteiger partial charge in [0.25, 0.3) is 0 Å². The summed E-state index contributed by atoms with van der Waals surface area (Å²) in [6, 6.07) is 7.32. The molecule has 0 aromatic heterocycles. The highest BCUT2D eigenvalue weighted by Crippen LogP contribution is 2.14. The summed E-state index contributed by atoms with van der Waals surface area (Å²) in [6.45, 7) is 5.71. The Hall–Kier alpha value is -1.55. The van der Waals surface area contributed by atoms with Crippen LogP contribution in [0.25, 0.3) is 0 Å². The molecule has 1 aromatic rings. The third-order valence-electron chi connectivity index (χ3n) is 3.04. The summed E-state index contributed by atoms with van der Waals surface area (Å²) in [5, 5.41) is 6.01. The number of hydrogen-bond donors (Lipinski definition) is 2. The highest BCUT2D eigenvalue weighted by molar-refractivity contribution is 5.92. The lowest BCUT2D eigenvalue weighted by molar-refractivity contribution is -0.115. The van der Waals surface area contributed by atoms with Gasteiger partial charge >= 0.3 is 0 Å². The van der Waals surface area contributed by atoms with E-state index in [1.165, 1.54) is 12.8 Å². The minimum atomic E-state index is -0.0148. The van der Waals surface area contributed by atoms with E-state index in [-0.39, 0.29) is 5.91 Å². The summed E-state index contributed by atoms with van der Waals surface area (Å²) in [7, 11) is 1.62. The molecule has 2 N–H and O–H groups in total. The second-order valence-electron chi connectivity index (χ2n) is 5.34. The van der Waals surface area contributed by atoms with Crippen molar-refractivity contribution in [2.75, 3.05) is 25.5 Å². The molecule has 0 radical (unpaired) electrons. The van der Waals surface area contributed by atoms with E-state index >= 15 is 0 Å². The molecule has 20 heavy (non-hydrogen) atoms. The number of nitrogens with one attached hydrogen (secondary N) is 2. The summed E-state index contributed by atoms with van der Waals surface area (Å²) >= 11 is 0. The molecule has 0 saturated heterocycles. The lowest BCUT2D eigenvalue weighted by atomic mass is 10.1. The number of hydrogen-bond acceptors (Lipinski definition) is 3. The zero-order valence-corrected chi connectivity index (χ0v) is 12.7. The molecule has 4 heteroatoms. The minimum absolute atomic E-state index is 0.0148. The van der Waals surface area contributed by atoms with Crippen molar-refractivity contribution >= 4 is 11.6 Å². The van der Waals surface area contributed by atoms with Crippen LogP contribution >= 0.6 is 0 Å². The van der Waals surface area contributed by atoms with Crippen LogP contribution in [0.1, 0.15) is 33.1 Å².